The summed E-state index contributed by atoms with van der Waals surface area (Å²) in [6, 6.07) is 0. The van der Waals surface area contributed by atoms with Crippen LogP contribution in [0.2, 0.25) is 0 Å². The lowest BCUT2D eigenvalue weighted by molar-refractivity contribution is -0.107. The van der Waals surface area contributed by atoms with E-state index in [1.807, 2.05) is 0 Å². The number of carbonyl (C=O) groups excluding carboxylic acids is 2. The third-order valence-electron chi connectivity index (χ3n) is 2.25. The quantitative estimate of drug-likeness (QED) is 0.306. The smallest absolute Gasteiger partial charge is 0.120 e. The first kappa shape index (κ1) is 13.1. The minimum Gasteiger partial charge on any atom is -0.303 e. The van der Waals surface area contributed by atoms with Crippen molar-refractivity contribution in [2.24, 2.45) is 0 Å². The van der Waals surface area contributed by atoms with Crippen molar-refractivity contribution in [2.75, 3.05) is 0 Å². The molecule has 0 saturated carbocycles. The second-order valence-corrected chi connectivity index (χ2v) is 3.54. The van der Waals surface area contributed by atoms with Crippen molar-refractivity contribution in [3.8, 4) is 0 Å². The van der Waals surface area contributed by atoms with Crippen LogP contribution in [0.15, 0.2) is 6.08 Å². The van der Waals surface area contributed by atoms with E-state index in [9.17, 15) is 9.59 Å². The van der Waals surface area contributed by atoms with E-state index in [1.165, 1.54) is 32.1 Å². The van der Waals surface area contributed by atoms with Gasteiger partial charge in [-0.2, -0.15) is 0 Å². The zero-order valence-corrected chi connectivity index (χ0v) is 8.84. The molecule has 0 N–H and O–H groups in total. The van der Waals surface area contributed by atoms with Crippen molar-refractivity contribution >= 4 is 12.2 Å². The van der Waals surface area contributed by atoms with Crippen molar-refractivity contribution in [1.82, 2.24) is 0 Å². The minimum atomic E-state index is 0.712. The number of rotatable bonds is 10. The van der Waals surface area contributed by atoms with Crippen LogP contribution in [-0.4, -0.2) is 12.2 Å². The highest BCUT2D eigenvalue weighted by molar-refractivity contribution is 5.48. The number of unbranched alkanes of at least 4 members (excludes halogenated alkanes) is 8. The summed E-state index contributed by atoms with van der Waals surface area (Å²) in [6.07, 6.45) is 12.4. The standard InChI is InChI=1S/C12H20O2/c13-11-9-7-5-3-1-2-4-6-8-10-12-14/h9,12H,1-8,10H2. The van der Waals surface area contributed by atoms with Gasteiger partial charge >= 0.3 is 0 Å². The molecular formula is C12H20O2. The van der Waals surface area contributed by atoms with Gasteiger partial charge in [-0.25, -0.2) is 4.79 Å². The van der Waals surface area contributed by atoms with E-state index in [0.717, 1.165) is 25.5 Å². The molecule has 0 amide bonds. The molecule has 0 rings (SSSR count). The summed E-state index contributed by atoms with van der Waals surface area (Å²) in [5.41, 5.74) is 0. The van der Waals surface area contributed by atoms with Crippen LogP contribution in [0.1, 0.15) is 57.8 Å². The lowest BCUT2D eigenvalue weighted by Gasteiger charge is -1.98. The Bertz CT molecular complexity index is 169. The van der Waals surface area contributed by atoms with Gasteiger partial charge in [0, 0.05) is 6.42 Å². The van der Waals surface area contributed by atoms with Crippen LogP contribution >= 0.6 is 0 Å². The van der Waals surface area contributed by atoms with Crippen molar-refractivity contribution in [3.63, 3.8) is 0 Å². The average Bonchev–Trinajstić information content (AvgIpc) is 2.21. The second kappa shape index (κ2) is 12.1. The highest BCUT2D eigenvalue weighted by atomic mass is 16.1. The van der Waals surface area contributed by atoms with Crippen LogP contribution in [0, 0.1) is 0 Å². The van der Waals surface area contributed by atoms with Gasteiger partial charge in [0.1, 0.15) is 12.2 Å². The highest BCUT2D eigenvalue weighted by Gasteiger charge is 1.90. The zero-order valence-electron chi connectivity index (χ0n) is 8.84. The number of hydrogen-bond acceptors (Lipinski definition) is 2. The lowest BCUT2D eigenvalue weighted by atomic mass is 10.1. The largest absolute Gasteiger partial charge is 0.303 e. The first-order chi connectivity index (χ1) is 6.91. The number of carbonyl (C=O) groups is 1. The minimum absolute atomic E-state index is 0.712. The van der Waals surface area contributed by atoms with Gasteiger partial charge in [-0.05, 0) is 25.3 Å². The van der Waals surface area contributed by atoms with Gasteiger partial charge in [0.15, 0.2) is 0 Å². The van der Waals surface area contributed by atoms with Gasteiger partial charge in [-0.15, -0.1) is 0 Å². The second-order valence-electron chi connectivity index (χ2n) is 3.54. The first-order valence-electron chi connectivity index (χ1n) is 5.54. The van der Waals surface area contributed by atoms with E-state index in [4.69, 9.17) is 0 Å². The molecule has 0 spiro atoms. The van der Waals surface area contributed by atoms with Gasteiger partial charge in [0.2, 0.25) is 0 Å². The molecule has 0 unspecified atom stereocenters. The van der Waals surface area contributed by atoms with Crippen LogP contribution < -0.4 is 0 Å². The van der Waals surface area contributed by atoms with E-state index in [-0.39, 0.29) is 0 Å². The molecule has 0 heterocycles. The molecule has 2 heteroatoms. The summed E-state index contributed by atoms with van der Waals surface area (Å²) in [7, 11) is 0. The fourth-order valence-electron chi connectivity index (χ4n) is 1.42. The average molecular weight is 196 g/mol. The van der Waals surface area contributed by atoms with Gasteiger partial charge in [-0.3, -0.25) is 0 Å². The molecule has 0 aliphatic rings. The molecule has 0 aromatic heterocycles. The van der Waals surface area contributed by atoms with Crippen LogP contribution in [0.4, 0.5) is 0 Å². The molecule has 0 fully saturated rings. The molecule has 0 aromatic rings. The Morgan fingerprint density at radius 1 is 0.786 bits per heavy atom. The summed E-state index contributed by atoms with van der Waals surface area (Å²) in [5, 5.41) is 0. The van der Waals surface area contributed by atoms with Gasteiger partial charge in [0.05, 0.1) is 0 Å². The normalized spacial score (nSPS) is 9.43. The monoisotopic (exact) mass is 196 g/mol. The molecule has 0 radical (unpaired) electrons. The Balaban J connectivity index is 2.91. The predicted octanol–water partition coefficient (Wildman–Crippen LogP) is 3.08. The summed E-state index contributed by atoms with van der Waals surface area (Å²) in [5.74, 6) is 1.78. The topological polar surface area (TPSA) is 34.1 Å². The molecular weight excluding hydrogens is 176 g/mol. The SMILES string of the molecule is O=C=CCCCCCCCCCC=O. The maximum atomic E-state index is 10.0. The molecule has 0 saturated heterocycles. The fourth-order valence-corrected chi connectivity index (χ4v) is 1.42. The third-order valence-corrected chi connectivity index (χ3v) is 2.25. The van der Waals surface area contributed by atoms with Crippen LogP contribution in [-0.2, 0) is 9.59 Å². The predicted molar refractivity (Wildman–Crippen MR) is 57.9 cm³/mol. The molecule has 0 aliphatic carbocycles. The Hall–Kier alpha value is -0.880. The summed E-state index contributed by atoms with van der Waals surface area (Å²) >= 11 is 0. The summed E-state index contributed by atoms with van der Waals surface area (Å²) in [4.78, 5) is 19.8. The van der Waals surface area contributed by atoms with Crippen LogP contribution in [0.3, 0.4) is 0 Å². The maximum absolute atomic E-state index is 10.0. The molecule has 0 bridgehead atoms. The van der Waals surface area contributed by atoms with Crippen molar-refractivity contribution in [3.05, 3.63) is 6.08 Å². The molecule has 0 aromatic carbocycles. The Morgan fingerprint density at radius 2 is 1.29 bits per heavy atom. The molecule has 14 heavy (non-hydrogen) atoms. The van der Waals surface area contributed by atoms with E-state index >= 15 is 0 Å². The molecule has 0 aliphatic heterocycles. The molecule has 80 valence electrons. The Labute approximate surface area is 86.4 Å². The number of allylic oxidation sites excluding steroid dienone is 1. The van der Waals surface area contributed by atoms with Crippen molar-refractivity contribution in [2.45, 2.75) is 57.8 Å². The lowest BCUT2D eigenvalue weighted by Crippen LogP contribution is -1.81. The van der Waals surface area contributed by atoms with E-state index in [0.29, 0.717) is 6.42 Å². The first-order valence-corrected chi connectivity index (χ1v) is 5.54. The van der Waals surface area contributed by atoms with Gasteiger partial charge in [-0.1, -0.05) is 32.1 Å². The zero-order chi connectivity index (χ0) is 10.5. The number of aldehydes is 1. The van der Waals surface area contributed by atoms with Crippen molar-refractivity contribution < 1.29 is 9.59 Å². The maximum Gasteiger partial charge on any atom is 0.120 e. The van der Waals surface area contributed by atoms with Gasteiger partial charge in [0.25, 0.3) is 0 Å². The molecule has 2 nitrogen and oxygen atoms in total. The van der Waals surface area contributed by atoms with Gasteiger partial charge < -0.3 is 4.79 Å². The van der Waals surface area contributed by atoms with Crippen LogP contribution in [0.25, 0.3) is 0 Å². The summed E-state index contributed by atoms with van der Waals surface area (Å²) in [6.45, 7) is 0. The van der Waals surface area contributed by atoms with E-state index < -0.39 is 0 Å². The van der Waals surface area contributed by atoms with Crippen molar-refractivity contribution in [1.29, 1.82) is 0 Å². The fraction of sp³-hybridized carbons (Fsp3) is 0.750. The van der Waals surface area contributed by atoms with E-state index in [2.05, 4.69) is 0 Å². The third kappa shape index (κ3) is 11.1. The highest BCUT2D eigenvalue weighted by Crippen LogP contribution is 2.08. The Kier molecular flexibility index (Phi) is 11.4. The van der Waals surface area contributed by atoms with Crippen LogP contribution in [0.5, 0.6) is 0 Å². The number of hydrogen-bond donors (Lipinski definition) is 0. The Morgan fingerprint density at radius 3 is 1.79 bits per heavy atom. The van der Waals surface area contributed by atoms with E-state index in [1.54, 1.807) is 12.0 Å². The molecule has 0 atom stereocenters. The summed E-state index contributed by atoms with van der Waals surface area (Å²) < 4.78 is 0.